The van der Waals surface area contributed by atoms with Gasteiger partial charge in [0.05, 0.1) is 17.1 Å². The molecule has 1 fully saturated rings. The molecule has 0 bridgehead atoms. The highest BCUT2D eigenvalue weighted by molar-refractivity contribution is 6.30. The third-order valence-corrected chi connectivity index (χ3v) is 7.03. The third kappa shape index (κ3) is 5.48. The van der Waals surface area contributed by atoms with Gasteiger partial charge in [-0.3, -0.25) is 14.3 Å². The summed E-state index contributed by atoms with van der Waals surface area (Å²) < 4.78 is 21.8. The van der Waals surface area contributed by atoms with Gasteiger partial charge >= 0.3 is 6.09 Å². The van der Waals surface area contributed by atoms with Crippen molar-refractivity contribution in [2.75, 3.05) is 31.1 Å². The molecule has 0 spiro atoms. The van der Waals surface area contributed by atoms with Crippen LogP contribution in [0.5, 0.6) is 0 Å². The molecular weight excluding hydrogens is 535 g/mol. The van der Waals surface area contributed by atoms with E-state index >= 15 is 0 Å². The van der Waals surface area contributed by atoms with E-state index in [0.717, 1.165) is 5.56 Å². The summed E-state index contributed by atoms with van der Waals surface area (Å²) in [7, 11) is 0. The first kappa shape index (κ1) is 29.3. The van der Waals surface area contributed by atoms with E-state index in [1.807, 2.05) is 38.7 Å². The number of carbonyl (C=O) groups excluding carboxylic acids is 1. The minimum absolute atomic E-state index is 0.0134. The minimum atomic E-state index is -0.767. The summed E-state index contributed by atoms with van der Waals surface area (Å²) in [4.78, 5) is 39.1. The number of ether oxygens (including phenoxy) is 1. The molecule has 11 heteroatoms. The van der Waals surface area contributed by atoms with E-state index in [1.54, 1.807) is 31.9 Å². The summed E-state index contributed by atoms with van der Waals surface area (Å²) in [5.41, 5.74) is 1.05. The maximum atomic E-state index is 14.9. The largest absolute Gasteiger partial charge is 0.444 e. The van der Waals surface area contributed by atoms with Crippen molar-refractivity contribution in [2.45, 2.75) is 65.9 Å². The van der Waals surface area contributed by atoms with Crippen LogP contribution in [0.2, 0.25) is 5.15 Å². The van der Waals surface area contributed by atoms with Crippen LogP contribution in [0.25, 0.3) is 16.7 Å². The SMILES string of the molecule is CC(C)c1ccnc(C(C)C)c1-n1c(=O)c(C#N)c(N2CCN(C(=O)OC(C)(C)C)CC2)c2cc(F)c(Cl)nc21. The molecule has 4 rings (SSSR count). The second kappa shape index (κ2) is 11.0. The normalized spacial score (nSPS) is 14.2. The maximum absolute atomic E-state index is 14.9. The molecule has 0 aromatic carbocycles. The van der Waals surface area contributed by atoms with E-state index in [1.165, 1.54) is 10.6 Å². The van der Waals surface area contributed by atoms with Gasteiger partial charge in [-0.2, -0.15) is 5.26 Å². The Hall–Kier alpha value is -3.71. The lowest BCUT2D eigenvalue weighted by atomic mass is 9.96. The number of hydrogen-bond donors (Lipinski definition) is 0. The van der Waals surface area contributed by atoms with Crippen molar-refractivity contribution < 1.29 is 13.9 Å². The summed E-state index contributed by atoms with van der Waals surface area (Å²) in [6, 6.07) is 5.13. The Morgan fingerprint density at radius 1 is 1.12 bits per heavy atom. The molecule has 4 heterocycles. The van der Waals surface area contributed by atoms with Gasteiger partial charge in [0.1, 0.15) is 17.2 Å². The summed E-state index contributed by atoms with van der Waals surface area (Å²) >= 11 is 6.17. The Labute approximate surface area is 238 Å². The molecule has 3 aromatic rings. The predicted octanol–water partition coefficient (Wildman–Crippen LogP) is 5.75. The summed E-state index contributed by atoms with van der Waals surface area (Å²) in [5.74, 6) is -0.812. The Morgan fingerprint density at radius 2 is 1.77 bits per heavy atom. The Morgan fingerprint density at radius 3 is 2.33 bits per heavy atom. The Balaban J connectivity index is 1.95. The van der Waals surface area contributed by atoms with E-state index in [4.69, 9.17) is 16.3 Å². The van der Waals surface area contributed by atoms with Gasteiger partial charge in [-0.05, 0) is 50.3 Å². The van der Waals surface area contributed by atoms with Gasteiger partial charge in [-0.15, -0.1) is 0 Å². The molecule has 0 saturated carbocycles. The van der Waals surface area contributed by atoms with Crippen molar-refractivity contribution in [2.24, 2.45) is 0 Å². The van der Waals surface area contributed by atoms with Gasteiger partial charge < -0.3 is 14.5 Å². The van der Waals surface area contributed by atoms with Crippen LogP contribution in [-0.2, 0) is 4.74 Å². The van der Waals surface area contributed by atoms with Crippen LogP contribution in [0.3, 0.4) is 0 Å². The molecule has 1 saturated heterocycles. The molecule has 0 atom stereocenters. The van der Waals surface area contributed by atoms with E-state index < -0.39 is 23.1 Å². The number of carbonyl (C=O) groups is 1. The second-order valence-electron chi connectivity index (χ2n) is 11.5. The van der Waals surface area contributed by atoms with E-state index in [-0.39, 0.29) is 39.3 Å². The molecule has 9 nitrogen and oxygen atoms in total. The van der Waals surface area contributed by atoms with Gasteiger partial charge in [0.15, 0.2) is 16.6 Å². The molecule has 0 N–H and O–H groups in total. The van der Waals surface area contributed by atoms with Gasteiger partial charge in [-0.1, -0.05) is 39.3 Å². The topological polar surface area (TPSA) is 104 Å². The number of halogens is 2. The van der Waals surface area contributed by atoms with Crippen LogP contribution in [0.4, 0.5) is 14.9 Å². The van der Waals surface area contributed by atoms with Gasteiger partial charge in [0.2, 0.25) is 0 Å². The molecule has 212 valence electrons. The van der Waals surface area contributed by atoms with Crippen molar-refractivity contribution in [3.05, 3.63) is 56.5 Å². The molecule has 0 unspecified atom stereocenters. The highest BCUT2D eigenvalue weighted by Crippen LogP contribution is 2.36. The fourth-order valence-corrected chi connectivity index (χ4v) is 5.07. The number of anilines is 1. The number of piperazine rings is 1. The molecule has 1 aliphatic rings. The maximum Gasteiger partial charge on any atom is 0.410 e. The highest BCUT2D eigenvalue weighted by Gasteiger charge is 2.31. The van der Waals surface area contributed by atoms with Crippen LogP contribution < -0.4 is 10.5 Å². The third-order valence-electron chi connectivity index (χ3n) is 6.77. The number of rotatable bonds is 4. The molecule has 40 heavy (non-hydrogen) atoms. The lowest BCUT2D eigenvalue weighted by molar-refractivity contribution is 0.0240. The first-order valence-electron chi connectivity index (χ1n) is 13.3. The molecule has 3 aromatic heterocycles. The van der Waals surface area contributed by atoms with Crippen molar-refractivity contribution in [3.8, 4) is 11.8 Å². The fraction of sp³-hybridized carbons (Fsp3) is 0.483. The fourth-order valence-electron chi connectivity index (χ4n) is 4.94. The zero-order chi connectivity index (χ0) is 29.5. The lowest BCUT2D eigenvalue weighted by Crippen LogP contribution is -2.50. The van der Waals surface area contributed by atoms with E-state index in [9.17, 15) is 19.2 Å². The minimum Gasteiger partial charge on any atom is -0.444 e. The number of pyridine rings is 3. The second-order valence-corrected chi connectivity index (χ2v) is 11.9. The number of aromatic nitrogens is 3. The monoisotopic (exact) mass is 568 g/mol. The highest BCUT2D eigenvalue weighted by atomic mass is 35.5. The number of fused-ring (bicyclic) bond motifs is 1. The zero-order valence-electron chi connectivity index (χ0n) is 23.9. The van der Waals surface area contributed by atoms with E-state index in [0.29, 0.717) is 37.6 Å². The van der Waals surface area contributed by atoms with Crippen molar-refractivity contribution in [3.63, 3.8) is 0 Å². The zero-order valence-corrected chi connectivity index (χ0v) is 24.6. The molecule has 1 amide bonds. The smallest absolute Gasteiger partial charge is 0.410 e. The van der Waals surface area contributed by atoms with E-state index in [2.05, 4.69) is 16.0 Å². The van der Waals surface area contributed by atoms with Crippen molar-refractivity contribution in [1.29, 1.82) is 5.26 Å². The molecule has 0 aliphatic carbocycles. The van der Waals surface area contributed by atoms with Gasteiger partial charge in [0, 0.05) is 37.8 Å². The van der Waals surface area contributed by atoms with Crippen LogP contribution in [0.1, 0.15) is 77.1 Å². The molecule has 1 aliphatic heterocycles. The standard InChI is InChI=1S/C29H34ClFN6O3/c1-16(2)18-8-9-33-22(17(3)4)24(18)37-26-19(14-21(31)25(30)34-26)23(20(15-32)27(37)38)35-10-12-36(13-11-35)28(39)40-29(5,6)7/h8-9,14,16-17H,10-13H2,1-7H3. The Kier molecular flexibility index (Phi) is 8.08. The van der Waals surface area contributed by atoms with Crippen LogP contribution in [0.15, 0.2) is 23.1 Å². The first-order chi connectivity index (χ1) is 18.7. The summed E-state index contributed by atoms with van der Waals surface area (Å²) in [5, 5.41) is 10.2. The van der Waals surface area contributed by atoms with Crippen LogP contribution in [0, 0.1) is 17.1 Å². The number of hydrogen-bond acceptors (Lipinski definition) is 7. The molecular formula is C29H34ClFN6O3. The first-order valence-corrected chi connectivity index (χ1v) is 13.7. The van der Waals surface area contributed by atoms with Gasteiger partial charge in [0.25, 0.3) is 5.56 Å². The molecule has 0 radical (unpaired) electrons. The van der Waals surface area contributed by atoms with Crippen molar-refractivity contribution >= 4 is 34.4 Å². The average Bonchev–Trinajstić information content (AvgIpc) is 2.88. The number of nitrogens with zero attached hydrogens (tertiary/aromatic N) is 6. The van der Waals surface area contributed by atoms with Crippen LogP contribution in [-0.4, -0.2) is 57.3 Å². The quantitative estimate of drug-likeness (QED) is 0.369. The number of amides is 1. The van der Waals surface area contributed by atoms with Crippen LogP contribution >= 0.6 is 11.6 Å². The average molecular weight is 569 g/mol. The lowest BCUT2D eigenvalue weighted by Gasteiger charge is -2.37. The number of nitriles is 1. The summed E-state index contributed by atoms with van der Waals surface area (Å²) in [6.07, 6.45) is 1.26. The van der Waals surface area contributed by atoms with Crippen molar-refractivity contribution in [1.82, 2.24) is 19.4 Å². The van der Waals surface area contributed by atoms with Gasteiger partial charge in [-0.25, -0.2) is 14.2 Å². The summed E-state index contributed by atoms with van der Waals surface area (Å²) in [6.45, 7) is 14.5. The Bertz CT molecular complexity index is 1540. The predicted molar refractivity (Wildman–Crippen MR) is 153 cm³/mol.